The van der Waals surface area contributed by atoms with Crippen LogP contribution < -0.4 is 10.2 Å². The van der Waals surface area contributed by atoms with Gasteiger partial charge in [0, 0.05) is 37.9 Å². The second kappa shape index (κ2) is 7.76. The number of nitrogens with one attached hydrogen (secondary N) is 1. The molecule has 2 N–H and O–H groups in total. The van der Waals surface area contributed by atoms with Crippen molar-refractivity contribution in [2.24, 2.45) is 0 Å². The topological polar surface area (TPSA) is 55.8 Å². The quantitative estimate of drug-likeness (QED) is 0.772. The first-order chi connectivity index (χ1) is 9.02. The molecule has 0 aliphatic rings. The predicted molar refractivity (Wildman–Crippen MR) is 78.6 cm³/mol. The molecule has 1 amide bonds. The van der Waals surface area contributed by atoms with Gasteiger partial charge in [0.25, 0.3) is 0 Å². The Morgan fingerprint density at radius 3 is 2.32 bits per heavy atom. The summed E-state index contributed by atoms with van der Waals surface area (Å²) >= 11 is 0. The molecule has 0 radical (unpaired) electrons. The molecule has 1 aromatic rings. The summed E-state index contributed by atoms with van der Waals surface area (Å²) in [6.07, 6.45) is 0.485. The molecule has 0 unspecified atom stereocenters. The lowest BCUT2D eigenvalue weighted by molar-refractivity contribution is -0.116. The zero-order valence-electron chi connectivity index (χ0n) is 11.9. The van der Waals surface area contributed by atoms with E-state index < -0.39 is 0 Å². The normalized spacial score (nSPS) is 10.6. The Bertz CT molecular complexity index is 390. The SMILES string of the molecule is CN(C)CCC(=O)Nc1ccc(N(C)CCO)cc1. The van der Waals surface area contributed by atoms with Gasteiger partial charge in [0.05, 0.1) is 6.61 Å². The summed E-state index contributed by atoms with van der Waals surface area (Å²) in [5, 5.41) is 11.7. The predicted octanol–water partition coefficient (Wildman–Crippen LogP) is 1.01. The van der Waals surface area contributed by atoms with Crippen molar-refractivity contribution >= 4 is 17.3 Å². The molecule has 5 nitrogen and oxygen atoms in total. The van der Waals surface area contributed by atoms with Crippen molar-refractivity contribution < 1.29 is 9.90 Å². The third-order valence-electron chi connectivity index (χ3n) is 2.81. The summed E-state index contributed by atoms with van der Waals surface area (Å²) in [5.74, 6) is 0.0187. The fourth-order valence-corrected chi connectivity index (χ4v) is 1.63. The molecule has 5 heteroatoms. The monoisotopic (exact) mass is 265 g/mol. The Morgan fingerprint density at radius 2 is 1.79 bits per heavy atom. The first kappa shape index (κ1) is 15.5. The third-order valence-corrected chi connectivity index (χ3v) is 2.81. The molecule has 0 atom stereocenters. The molecule has 0 aliphatic carbocycles. The van der Waals surface area contributed by atoms with E-state index in [1.807, 2.05) is 55.2 Å². The number of nitrogens with zero attached hydrogens (tertiary/aromatic N) is 2. The van der Waals surface area contributed by atoms with Crippen LogP contribution in [0.15, 0.2) is 24.3 Å². The smallest absolute Gasteiger partial charge is 0.225 e. The Kier molecular flexibility index (Phi) is 6.32. The van der Waals surface area contributed by atoms with E-state index in [9.17, 15) is 4.79 Å². The minimum atomic E-state index is 0.0187. The molecule has 0 aromatic heterocycles. The summed E-state index contributed by atoms with van der Waals surface area (Å²) in [6.45, 7) is 1.46. The number of aliphatic hydroxyl groups excluding tert-OH is 1. The van der Waals surface area contributed by atoms with Crippen LogP contribution in [0.5, 0.6) is 0 Å². The van der Waals surface area contributed by atoms with Gasteiger partial charge >= 0.3 is 0 Å². The highest BCUT2D eigenvalue weighted by Crippen LogP contribution is 2.16. The fourth-order valence-electron chi connectivity index (χ4n) is 1.63. The van der Waals surface area contributed by atoms with E-state index in [1.165, 1.54) is 0 Å². The lowest BCUT2D eigenvalue weighted by atomic mass is 10.2. The highest BCUT2D eigenvalue weighted by molar-refractivity contribution is 5.91. The molecule has 1 aromatic carbocycles. The van der Waals surface area contributed by atoms with E-state index in [0.29, 0.717) is 13.0 Å². The van der Waals surface area contributed by atoms with Crippen molar-refractivity contribution in [1.29, 1.82) is 0 Å². The molecule has 0 bridgehead atoms. The van der Waals surface area contributed by atoms with Gasteiger partial charge < -0.3 is 20.2 Å². The lowest BCUT2D eigenvalue weighted by Gasteiger charge is -2.18. The van der Waals surface area contributed by atoms with E-state index in [4.69, 9.17) is 5.11 Å². The largest absolute Gasteiger partial charge is 0.395 e. The highest BCUT2D eigenvalue weighted by atomic mass is 16.3. The summed E-state index contributed by atoms with van der Waals surface area (Å²) in [6, 6.07) is 7.60. The Hall–Kier alpha value is -1.59. The summed E-state index contributed by atoms with van der Waals surface area (Å²) in [5.41, 5.74) is 1.81. The maximum Gasteiger partial charge on any atom is 0.225 e. The molecular formula is C14H23N3O2. The van der Waals surface area contributed by atoms with E-state index in [-0.39, 0.29) is 12.5 Å². The van der Waals surface area contributed by atoms with Gasteiger partial charge in [0.1, 0.15) is 0 Å². The highest BCUT2D eigenvalue weighted by Gasteiger charge is 2.04. The molecule has 0 fully saturated rings. The number of benzene rings is 1. The molecule has 0 saturated heterocycles. The number of hydrogen-bond donors (Lipinski definition) is 2. The average molecular weight is 265 g/mol. The van der Waals surface area contributed by atoms with Crippen LogP contribution in [0, 0.1) is 0 Å². The van der Waals surface area contributed by atoms with Crippen LogP contribution >= 0.6 is 0 Å². The Balaban J connectivity index is 2.50. The molecule has 106 valence electrons. The van der Waals surface area contributed by atoms with Gasteiger partial charge in [-0.25, -0.2) is 0 Å². The van der Waals surface area contributed by atoms with Crippen LogP contribution in [0.25, 0.3) is 0 Å². The third kappa shape index (κ3) is 5.72. The van der Waals surface area contributed by atoms with Crippen LogP contribution in [0.2, 0.25) is 0 Å². The summed E-state index contributed by atoms with van der Waals surface area (Å²) < 4.78 is 0. The first-order valence-corrected chi connectivity index (χ1v) is 6.39. The summed E-state index contributed by atoms with van der Waals surface area (Å²) in [4.78, 5) is 15.6. The summed E-state index contributed by atoms with van der Waals surface area (Å²) in [7, 11) is 5.80. The van der Waals surface area contributed by atoms with Crippen LogP contribution in [0.4, 0.5) is 11.4 Å². The zero-order chi connectivity index (χ0) is 14.3. The molecule has 0 heterocycles. The van der Waals surface area contributed by atoms with E-state index >= 15 is 0 Å². The van der Waals surface area contributed by atoms with Gasteiger partial charge in [0.2, 0.25) is 5.91 Å². The number of amides is 1. The number of anilines is 2. The number of carbonyl (C=O) groups is 1. The van der Waals surface area contributed by atoms with Crippen molar-refractivity contribution in [3.8, 4) is 0 Å². The van der Waals surface area contributed by atoms with Crippen LogP contribution in [-0.4, -0.2) is 56.8 Å². The van der Waals surface area contributed by atoms with Crippen molar-refractivity contribution in [2.45, 2.75) is 6.42 Å². The number of hydrogen-bond acceptors (Lipinski definition) is 4. The van der Waals surface area contributed by atoms with E-state index in [1.54, 1.807) is 0 Å². The van der Waals surface area contributed by atoms with Crippen molar-refractivity contribution in [1.82, 2.24) is 4.90 Å². The molecule has 0 aliphatic heterocycles. The second-order valence-electron chi connectivity index (χ2n) is 4.79. The van der Waals surface area contributed by atoms with Gasteiger partial charge in [-0.1, -0.05) is 0 Å². The van der Waals surface area contributed by atoms with Gasteiger partial charge in [0.15, 0.2) is 0 Å². The van der Waals surface area contributed by atoms with Gasteiger partial charge in [-0.3, -0.25) is 4.79 Å². The Labute approximate surface area is 114 Å². The van der Waals surface area contributed by atoms with Gasteiger partial charge in [-0.15, -0.1) is 0 Å². The molecule has 19 heavy (non-hydrogen) atoms. The van der Waals surface area contributed by atoms with E-state index in [2.05, 4.69) is 5.32 Å². The molecular weight excluding hydrogens is 242 g/mol. The fraction of sp³-hybridized carbons (Fsp3) is 0.500. The van der Waals surface area contributed by atoms with Crippen molar-refractivity contribution in [3.05, 3.63) is 24.3 Å². The molecule has 0 saturated carbocycles. The zero-order valence-corrected chi connectivity index (χ0v) is 11.9. The maximum absolute atomic E-state index is 11.7. The lowest BCUT2D eigenvalue weighted by Crippen LogP contribution is -2.21. The van der Waals surface area contributed by atoms with Gasteiger partial charge in [-0.05, 0) is 38.4 Å². The van der Waals surface area contributed by atoms with Gasteiger partial charge in [-0.2, -0.15) is 0 Å². The van der Waals surface area contributed by atoms with Crippen LogP contribution in [0.1, 0.15) is 6.42 Å². The van der Waals surface area contributed by atoms with Crippen molar-refractivity contribution in [3.63, 3.8) is 0 Å². The Morgan fingerprint density at radius 1 is 1.16 bits per heavy atom. The molecule has 1 rings (SSSR count). The first-order valence-electron chi connectivity index (χ1n) is 6.39. The number of rotatable bonds is 7. The van der Waals surface area contributed by atoms with Crippen molar-refractivity contribution in [2.75, 3.05) is 51.1 Å². The van der Waals surface area contributed by atoms with Crippen LogP contribution in [0.3, 0.4) is 0 Å². The minimum Gasteiger partial charge on any atom is -0.395 e. The number of aliphatic hydroxyl groups is 1. The minimum absolute atomic E-state index is 0.0187. The maximum atomic E-state index is 11.7. The standard InChI is InChI=1S/C14H23N3O2/c1-16(2)9-8-14(19)15-12-4-6-13(7-5-12)17(3)10-11-18/h4-7,18H,8-11H2,1-3H3,(H,15,19). The number of likely N-dealkylation sites (N-methyl/N-ethyl adjacent to an activating group) is 1. The van der Waals surface area contributed by atoms with Crippen LogP contribution in [-0.2, 0) is 4.79 Å². The number of carbonyl (C=O) groups excluding carboxylic acids is 1. The molecule has 0 spiro atoms. The second-order valence-corrected chi connectivity index (χ2v) is 4.79. The average Bonchev–Trinajstić information content (AvgIpc) is 2.37. The van der Waals surface area contributed by atoms with E-state index in [0.717, 1.165) is 17.9 Å².